The topological polar surface area (TPSA) is 88.1 Å². The summed E-state index contributed by atoms with van der Waals surface area (Å²) < 4.78 is 11.1. The number of likely N-dealkylation sites (tertiary alicyclic amines) is 1. The summed E-state index contributed by atoms with van der Waals surface area (Å²) >= 11 is 0. The molecule has 2 aromatic carbocycles. The van der Waals surface area contributed by atoms with Gasteiger partial charge in [-0.2, -0.15) is 0 Å². The fraction of sp³-hybridized carbons (Fsp3) is 0.391. The molecular weight excluding hydrogens is 384 g/mol. The van der Waals surface area contributed by atoms with Crippen LogP contribution < -0.4 is 5.32 Å². The Labute approximate surface area is 176 Å². The molecule has 30 heavy (non-hydrogen) atoms. The molecule has 1 aliphatic rings. The van der Waals surface area contributed by atoms with Crippen molar-refractivity contribution >= 4 is 12.2 Å². The van der Waals surface area contributed by atoms with E-state index in [1.165, 1.54) is 0 Å². The minimum Gasteiger partial charge on any atom is -0.446 e. The van der Waals surface area contributed by atoms with Gasteiger partial charge in [0.15, 0.2) is 0 Å². The first kappa shape index (κ1) is 21.6. The number of ether oxygens (including phenoxy) is 2. The average molecular weight is 412 g/mol. The van der Waals surface area contributed by atoms with Gasteiger partial charge in [-0.25, -0.2) is 9.59 Å². The zero-order chi connectivity index (χ0) is 21.3. The second kappa shape index (κ2) is 10.6. The van der Waals surface area contributed by atoms with E-state index in [9.17, 15) is 9.59 Å². The van der Waals surface area contributed by atoms with Crippen molar-refractivity contribution in [2.24, 2.45) is 0 Å². The maximum Gasteiger partial charge on any atom is 0.410 e. The van der Waals surface area contributed by atoms with Crippen molar-refractivity contribution in [3.05, 3.63) is 71.3 Å². The van der Waals surface area contributed by atoms with Crippen molar-refractivity contribution in [2.45, 2.75) is 38.5 Å². The second-order valence-electron chi connectivity index (χ2n) is 7.31. The van der Waals surface area contributed by atoms with E-state index in [1.807, 2.05) is 61.5 Å². The zero-order valence-electron chi connectivity index (χ0n) is 17.1. The minimum atomic E-state index is -0.558. The Morgan fingerprint density at radius 3 is 2.60 bits per heavy atom. The van der Waals surface area contributed by atoms with Crippen LogP contribution in [0.25, 0.3) is 0 Å². The summed E-state index contributed by atoms with van der Waals surface area (Å²) in [6, 6.07) is 17.2. The van der Waals surface area contributed by atoms with Crippen molar-refractivity contribution in [3.8, 4) is 0 Å². The highest BCUT2D eigenvalue weighted by molar-refractivity contribution is 5.69. The number of nitrogens with zero attached hydrogens (tertiary/aromatic N) is 1. The number of carbonyl (C=O) groups excluding carboxylic acids is 2. The predicted molar refractivity (Wildman–Crippen MR) is 112 cm³/mol. The molecule has 0 aromatic heterocycles. The molecule has 7 nitrogen and oxygen atoms in total. The lowest BCUT2D eigenvalue weighted by molar-refractivity contribution is 0.0142. The van der Waals surface area contributed by atoms with Crippen LogP contribution in [0.2, 0.25) is 0 Å². The number of carbonyl (C=O) groups is 2. The molecule has 1 saturated heterocycles. The lowest BCUT2D eigenvalue weighted by Gasteiger charge is -2.39. The van der Waals surface area contributed by atoms with Gasteiger partial charge in [-0.05, 0) is 23.6 Å². The Balaban J connectivity index is 1.71. The Kier molecular flexibility index (Phi) is 7.68. The van der Waals surface area contributed by atoms with Gasteiger partial charge in [0.1, 0.15) is 12.7 Å². The number of aryl methyl sites for hydroxylation is 1. The van der Waals surface area contributed by atoms with Crippen molar-refractivity contribution < 1.29 is 24.2 Å². The standard InChI is InChI=1S/C23H28N2O5/c1-17-7-5-6-10-20(17)21-15-19(30-22(27)24-12-14-26)11-13-25(21)23(28)29-16-18-8-3-2-4-9-18/h2-10,19,21,26H,11-16H2,1H3,(H,24,27). The third-order valence-electron chi connectivity index (χ3n) is 5.20. The predicted octanol–water partition coefficient (Wildman–Crippen LogP) is 3.56. The average Bonchev–Trinajstić information content (AvgIpc) is 2.77. The summed E-state index contributed by atoms with van der Waals surface area (Å²) in [5.41, 5.74) is 3.00. The number of rotatable bonds is 6. The molecule has 0 saturated carbocycles. The molecule has 0 aliphatic carbocycles. The van der Waals surface area contributed by atoms with E-state index in [-0.39, 0.29) is 38.0 Å². The van der Waals surface area contributed by atoms with Crippen LogP contribution in [0.1, 0.15) is 35.6 Å². The molecule has 1 aliphatic heterocycles. The van der Waals surface area contributed by atoms with Gasteiger partial charge < -0.3 is 24.8 Å². The molecule has 1 fully saturated rings. The van der Waals surface area contributed by atoms with Crippen LogP contribution in [0.5, 0.6) is 0 Å². The third-order valence-corrected chi connectivity index (χ3v) is 5.20. The van der Waals surface area contributed by atoms with E-state index in [2.05, 4.69) is 5.32 Å². The molecular formula is C23H28N2O5. The summed E-state index contributed by atoms with van der Waals surface area (Å²) in [4.78, 5) is 26.5. The minimum absolute atomic E-state index is 0.144. The number of amides is 2. The highest BCUT2D eigenvalue weighted by Crippen LogP contribution is 2.34. The molecule has 2 atom stereocenters. The maximum absolute atomic E-state index is 12.9. The number of piperidine rings is 1. The first-order valence-corrected chi connectivity index (χ1v) is 10.2. The smallest absolute Gasteiger partial charge is 0.410 e. The number of nitrogens with one attached hydrogen (secondary N) is 1. The first-order valence-electron chi connectivity index (χ1n) is 10.2. The molecule has 160 valence electrons. The highest BCUT2D eigenvalue weighted by Gasteiger charge is 2.35. The quantitative estimate of drug-likeness (QED) is 0.758. The van der Waals surface area contributed by atoms with Gasteiger partial charge in [0.25, 0.3) is 0 Å². The van der Waals surface area contributed by atoms with E-state index >= 15 is 0 Å². The Hall–Kier alpha value is -3.06. The van der Waals surface area contributed by atoms with Crippen molar-refractivity contribution in [3.63, 3.8) is 0 Å². The number of hydrogen-bond acceptors (Lipinski definition) is 5. The first-order chi connectivity index (χ1) is 14.6. The Morgan fingerprint density at radius 1 is 1.13 bits per heavy atom. The monoisotopic (exact) mass is 412 g/mol. The summed E-state index contributed by atoms with van der Waals surface area (Å²) in [6.45, 7) is 2.63. The van der Waals surface area contributed by atoms with E-state index < -0.39 is 6.09 Å². The van der Waals surface area contributed by atoms with E-state index in [0.29, 0.717) is 19.4 Å². The van der Waals surface area contributed by atoms with Crippen molar-refractivity contribution in [2.75, 3.05) is 19.7 Å². The largest absolute Gasteiger partial charge is 0.446 e. The van der Waals surface area contributed by atoms with Crippen molar-refractivity contribution in [1.29, 1.82) is 0 Å². The molecule has 2 amide bonds. The second-order valence-corrected chi connectivity index (χ2v) is 7.31. The molecule has 3 rings (SSSR count). The summed E-state index contributed by atoms with van der Waals surface area (Å²) in [5, 5.41) is 11.3. The van der Waals surface area contributed by atoms with Crippen LogP contribution in [0.3, 0.4) is 0 Å². The summed E-state index contributed by atoms with van der Waals surface area (Å²) in [7, 11) is 0. The Morgan fingerprint density at radius 2 is 1.87 bits per heavy atom. The van der Waals surface area contributed by atoms with Gasteiger partial charge in [-0.3, -0.25) is 0 Å². The normalized spacial score (nSPS) is 18.5. The molecule has 0 spiro atoms. The fourth-order valence-electron chi connectivity index (χ4n) is 3.67. The SMILES string of the molecule is Cc1ccccc1C1CC(OC(=O)NCCO)CCN1C(=O)OCc1ccccc1. The van der Waals surface area contributed by atoms with Gasteiger partial charge >= 0.3 is 12.2 Å². The number of aliphatic hydroxyl groups is 1. The molecule has 0 radical (unpaired) electrons. The van der Waals surface area contributed by atoms with Crippen LogP contribution in [-0.2, 0) is 16.1 Å². The Bertz CT molecular complexity index is 842. The summed E-state index contributed by atoms with van der Waals surface area (Å²) in [6.07, 6.45) is -0.257. The summed E-state index contributed by atoms with van der Waals surface area (Å²) in [5.74, 6) is 0. The number of hydrogen-bond donors (Lipinski definition) is 2. The van der Waals surface area contributed by atoms with E-state index in [4.69, 9.17) is 14.6 Å². The third kappa shape index (κ3) is 5.73. The van der Waals surface area contributed by atoms with Crippen molar-refractivity contribution in [1.82, 2.24) is 10.2 Å². The number of aliphatic hydroxyl groups excluding tert-OH is 1. The van der Waals surface area contributed by atoms with Gasteiger partial charge in [-0.1, -0.05) is 54.6 Å². The van der Waals surface area contributed by atoms with E-state index in [0.717, 1.165) is 16.7 Å². The van der Waals surface area contributed by atoms with Gasteiger partial charge in [0, 0.05) is 25.9 Å². The molecule has 2 unspecified atom stereocenters. The molecule has 2 N–H and O–H groups in total. The van der Waals surface area contributed by atoms with E-state index in [1.54, 1.807) is 4.90 Å². The van der Waals surface area contributed by atoms with Gasteiger partial charge in [-0.15, -0.1) is 0 Å². The lowest BCUT2D eigenvalue weighted by Crippen LogP contribution is -2.45. The van der Waals surface area contributed by atoms with Crippen LogP contribution in [0.4, 0.5) is 9.59 Å². The molecule has 1 heterocycles. The van der Waals surface area contributed by atoms with Crippen LogP contribution in [0.15, 0.2) is 54.6 Å². The van der Waals surface area contributed by atoms with Gasteiger partial charge in [0.2, 0.25) is 0 Å². The molecule has 2 aromatic rings. The molecule has 0 bridgehead atoms. The lowest BCUT2D eigenvalue weighted by atomic mass is 9.91. The van der Waals surface area contributed by atoms with Crippen LogP contribution >= 0.6 is 0 Å². The number of alkyl carbamates (subject to hydrolysis) is 1. The zero-order valence-corrected chi connectivity index (χ0v) is 17.1. The molecule has 7 heteroatoms. The van der Waals surface area contributed by atoms with Crippen LogP contribution in [-0.4, -0.2) is 48.0 Å². The van der Waals surface area contributed by atoms with Crippen LogP contribution in [0, 0.1) is 6.92 Å². The highest BCUT2D eigenvalue weighted by atomic mass is 16.6. The van der Waals surface area contributed by atoms with Gasteiger partial charge in [0.05, 0.1) is 12.6 Å². The maximum atomic E-state index is 12.9. The fourth-order valence-corrected chi connectivity index (χ4v) is 3.67. The number of benzene rings is 2.